The van der Waals surface area contributed by atoms with Gasteiger partial charge in [-0.1, -0.05) is 17.7 Å². The summed E-state index contributed by atoms with van der Waals surface area (Å²) in [7, 11) is 3.57. The van der Waals surface area contributed by atoms with Crippen molar-refractivity contribution in [3.05, 3.63) is 28.8 Å². The fourth-order valence-electron chi connectivity index (χ4n) is 1.54. The molecule has 0 fully saturated rings. The van der Waals surface area contributed by atoms with Crippen LogP contribution in [0.15, 0.2) is 18.2 Å². The molecule has 1 rings (SSSR count). The van der Waals surface area contributed by atoms with E-state index in [0.717, 1.165) is 12.0 Å². The van der Waals surface area contributed by atoms with Crippen LogP contribution in [0.1, 0.15) is 17.3 Å². The molecule has 0 heterocycles. The van der Waals surface area contributed by atoms with Gasteiger partial charge in [0.15, 0.2) is 6.29 Å². The van der Waals surface area contributed by atoms with Crippen LogP contribution in [0.4, 0.5) is 5.69 Å². The number of nitrogens with zero attached hydrogens (tertiary/aromatic N) is 1. The molecular weight excluding hydrogens is 226 g/mol. The summed E-state index contributed by atoms with van der Waals surface area (Å²) >= 11 is 5.97. The second-order valence-corrected chi connectivity index (χ2v) is 4.11. The molecule has 0 aliphatic carbocycles. The van der Waals surface area contributed by atoms with E-state index in [1.54, 1.807) is 13.2 Å². The highest BCUT2D eigenvalue weighted by molar-refractivity contribution is 6.33. The van der Waals surface area contributed by atoms with Gasteiger partial charge in [-0.05, 0) is 19.1 Å². The normalized spacial score (nSPS) is 12.2. The van der Waals surface area contributed by atoms with Gasteiger partial charge in [0.25, 0.3) is 0 Å². The number of anilines is 1. The minimum atomic E-state index is 0.183. The maximum atomic E-state index is 11.0. The zero-order valence-corrected chi connectivity index (χ0v) is 10.5. The van der Waals surface area contributed by atoms with Gasteiger partial charge in [-0.2, -0.15) is 0 Å². The number of halogens is 1. The number of aldehydes is 1. The first-order valence-corrected chi connectivity index (χ1v) is 5.45. The van der Waals surface area contributed by atoms with Crippen LogP contribution in [0, 0.1) is 0 Å². The highest BCUT2D eigenvalue weighted by atomic mass is 35.5. The van der Waals surface area contributed by atoms with Crippen molar-refractivity contribution in [1.82, 2.24) is 0 Å². The largest absolute Gasteiger partial charge is 0.383 e. The van der Waals surface area contributed by atoms with Gasteiger partial charge in [0.05, 0.1) is 17.2 Å². The number of ether oxygens (including phenoxy) is 1. The first-order chi connectivity index (χ1) is 7.61. The molecule has 0 spiro atoms. The van der Waals surface area contributed by atoms with E-state index in [4.69, 9.17) is 16.3 Å². The fourth-order valence-corrected chi connectivity index (χ4v) is 1.75. The third kappa shape index (κ3) is 2.74. The van der Waals surface area contributed by atoms with Gasteiger partial charge in [0, 0.05) is 25.9 Å². The number of carbonyl (C=O) groups is 1. The number of methoxy groups -OCH3 is 1. The molecule has 1 aromatic carbocycles. The van der Waals surface area contributed by atoms with Gasteiger partial charge in [-0.25, -0.2) is 0 Å². The van der Waals surface area contributed by atoms with E-state index in [-0.39, 0.29) is 6.04 Å². The van der Waals surface area contributed by atoms with E-state index in [0.29, 0.717) is 17.2 Å². The summed E-state index contributed by atoms with van der Waals surface area (Å²) < 4.78 is 5.09. The van der Waals surface area contributed by atoms with Crippen LogP contribution >= 0.6 is 11.6 Å². The fraction of sp³-hybridized carbons (Fsp3) is 0.417. The Labute approximate surface area is 101 Å². The van der Waals surface area contributed by atoms with E-state index in [2.05, 4.69) is 0 Å². The van der Waals surface area contributed by atoms with Crippen LogP contribution in [0.5, 0.6) is 0 Å². The third-order valence-corrected chi connectivity index (χ3v) is 2.93. The molecule has 1 aromatic rings. The van der Waals surface area contributed by atoms with Gasteiger partial charge in [0.1, 0.15) is 0 Å². The van der Waals surface area contributed by atoms with E-state index in [1.807, 2.05) is 31.0 Å². The Balaban J connectivity index is 3.03. The molecule has 1 unspecified atom stereocenters. The number of likely N-dealkylation sites (N-methyl/N-ethyl adjacent to an activating group) is 1. The van der Waals surface area contributed by atoms with Crippen molar-refractivity contribution in [3.8, 4) is 0 Å². The molecule has 1 atom stereocenters. The van der Waals surface area contributed by atoms with Crippen molar-refractivity contribution in [3.63, 3.8) is 0 Å². The smallest absolute Gasteiger partial charge is 0.153 e. The van der Waals surface area contributed by atoms with Crippen LogP contribution in [-0.4, -0.2) is 33.1 Å². The van der Waals surface area contributed by atoms with Crippen molar-refractivity contribution < 1.29 is 9.53 Å². The van der Waals surface area contributed by atoms with Crippen molar-refractivity contribution >= 4 is 23.6 Å². The lowest BCUT2D eigenvalue weighted by atomic mass is 10.1. The highest BCUT2D eigenvalue weighted by Gasteiger charge is 2.14. The quantitative estimate of drug-likeness (QED) is 0.743. The molecule has 0 amide bonds. The molecule has 0 saturated carbocycles. The third-order valence-electron chi connectivity index (χ3n) is 2.60. The minimum absolute atomic E-state index is 0.183. The average Bonchev–Trinajstić information content (AvgIpc) is 2.28. The Morgan fingerprint density at radius 1 is 1.56 bits per heavy atom. The zero-order chi connectivity index (χ0) is 12.1. The summed E-state index contributed by atoms with van der Waals surface area (Å²) in [5.41, 5.74) is 1.35. The van der Waals surface area contributed by atoms with E-state index < -0.39 is 0 Å². The van der Waals surface area contributed by atoms with Gasteiger partial charge in [-0.3, -0.25) is 4.79 Å². The molecule has 16 heavy (non-hydrogen) atoms. The second-order valence-electron chi connectivity index (χ2n) is 3.71. The molecule has 0 aromatic heterocycles. The van der Waals surface area contributed by atoms with Crippen LogP contribution in [0.25, 0.3) is 0 Å². The number of benzene rings is 1. The topological polar surface area (TPSA) is 29.5 Å². The molecule has 0 saturated heterocycles. The van der Waals surface area contributed by atoms with Gasteiger partial charge in [-0.15, -0.1) is 0 Å². The van der Waals surface area contributed by atoms with E-state index in [9.17, 15) is 4.79 Å². The summed E-state index contributed by atoms with van der Waals surface area (Å²) in [6, 6.07) is 5.61. The molecule has 3 nitrogen and oxygen atoms in total. The zero-order valence-electron chi connectivity index (χ0n) is 9.74. The summed E-state index contributed by atoms with van der Waals surface area (Å²) in [4.78, 5) is 13.0. The molecule has 0 bridgehead atoms. The molecule has 0 aliphatic rings. The first kappa shape index (κ1) is 13.0. The first-order valence-electron chi connectivity index (χ1n) is 5.07. The minimum Gasteiger partial charge on any atom is -0.383 e. The van der Waals surface area contributed by atoms with Gasteiger partial charge in [0.2, 0.25) is 0 Å². The SMILES string of the molecule is COCC(C)N(C)c1cccc(Cl)c1C=O. The summed E-state index contributed by atoms with van der Waals surface area (Å²) in [6.07, 6.45) is 0.785. The maximum Gasteiger partial charge on any atom is 0.153 e. The number of hydrogen-bond donors (Lipinski definition) is 0. The predicted molar refractivity (Wildman–Crippen MR) is 66.6 cm³/mol. The van der Waals surface area contributed by atoms with Crippen LogP contribution in [0.3, 0.4) is 0 Å². The van der Waals surface area contributed by atoms with Crippen LogP contribution in [0.2, 0.25) is 5.02 Å². The van der Waals surface area contributed by atoms with Gasteiger partial charge >= 0.3 is 0 Å². The standard InChI is InChI=1S/C12H16ClNO2/c1-9(8-16-3)14(2)12-6-4-5-11(13)10(12)7-15/h4-7,9H,8H2,1-3H3. The lowest BCUT2D eigenvalue weighted by Gasteiger charge is -2.27. The van der Waals surface area contributed by atoms with Gasteiger partial charge < -0.3 is 9.64 Å². The molecule has 0 radical (unpaired) electrons. The van der Waals surface area contributed by atoms with Crippen LogP contribution < -0.4 is 4.90 Å². The van der Waals surface area contributed by atoms with E-state index >= 15 is 0 Å². The average molecular weight is 242 g/mol. The molecule has 0 aliphatic heterocycles. The Bertz CT molecular complexity index is 368. The summed E-state index contributed by atoms with van der Waals surface area (Å²) in [5.74, 6) is 0. The molecule has 88 valence electrons. The van der Waals surface area contributed by atoms with E-state index in [1.165, 1.54) is 0 Å². The monoisotopic (exact) mass is 241 g/mol. The van der Waals surface area contributed by atoms with Crippen LogP contribution in [-0.2, 0) is 4.74 Å². The lowest BCUT2D eigenvalue weighted by Crippen LogP contribution is -2.33. The Morgan fingerprint density at radius 3 is 2.81 bits per heavy atom. The van der Waals surface area contributed by atoms with Crippen molar-refractivity contribution in [2.45, 2.75) is 13.0 Å². The number of carbonyl (C=O) groups excluding carboxylic acids is 1. The number of rotatable bonds is 5. The molecule has 4 heteroatoms. The molecular formula is C12H16ClNO2. The van der Waals surface area contributed by atoms with Crippen molar-refractivity contribution in [2.75, 3.05) is 25.7 Å². The highest BCUT2D eigenvalue weighted by Crippen LogP contribution is 2.26. The van der Waals surface area contributed by atoms with Crippen molar-refractivity contribution in [1.29, 1.82) is 0 Å². The van der Waals surface area contributed by atoms with Crippen molar-refractivity contribution in [2.24, 2.45) is 0 Å². The Kier molecular flexibility index (Phi) is 4.77. The maximum absolute atomic E-state index is 11.0. The Hall–Kier alpha value is -1.06. The second kappa shape index (κ2) is 5.87. The summed E-state index contributed by atoms with van der Waals surface area (Å²) in [5, 5.41) is 0.476. The Morgan fingerprint density at radius 2 is 2.25 bits per heavy atom. The lowest BCUT2D eigenvalue weighted by molar-refractivity contribution is 0.112. The predicted octanol–water partition coefficient (Wildman–Crippen LogP) is 2.62. The molecule has 0 N–H and O–H groups in total. The summed E-state index contributed by atoms with van der Waals surface area (Å²) in [6.45, 7) is 2.63. The number of hydrogen-bond acceptors (Lipinski definition) is 3.